The summed E-state index contributed by atoms with van der Waals surface area (Å²) in [5.74, 6) is -3.66. The summed E-state index contributed by atoms with van der Waals surface area (Å²) in [5, 5.41) is 9.37. The number of halogens is 5. The van der Waals surface area contributed by atoms with E-state index in [1.165, 1.54) is 24.3 Å². The number of carbonyl (C=O) groups is 1. The molecular formula is C19H18F5N7O. The van der Waals surface area contributed by atoms with Gasteiger partial charge in [0.05, 0.1) is 30.2 Å². The molecule has 1 aliphatic heterocycles. The van der Waals surface area contributed by atoms with Crippen LogP contribution in [0.4, 0.5) is 38.3 Å². The van der Waals surface area contributed by atoms with Crippen LogP contribution in [0.5, 0.6) is 0 Å². The number of fused-ring (bicyclic) bond motifs is 1. The van der Waals surface area contributed by atoms with Crippen molar-refractivity contribution in [2.75, 3.05) is 30.4 Å². The zero-order valence-electron chi connectivity index (χ0n) is 16.7. The van der Waals surface area contributed by atoms with Crippen molar-refractivity contribution in [3.05, 3.63) is 42.4 Å². The van der Waals surface area contributed by atoms with Crippen LogP contribution in [0.2, 0.25) is 0 Å². The van der Waals surface area contributed by atoms with Gasteiger partial charge in [0, 0.05) is 25.2 Å². The lowest BCUT2D eigenvalue weighted by Crippen LogP contribution is -2.59. The number of pyridine rings is 2. The number of hydrogen-bond donors (Lipinski definition) is 2. The number of aromatic amines is 1. The van der Waals surface area contributed by atoms with E-state index in [4.69, 9.17) is 0 Å². The molecule has 1 saturated heterocycles. The maximum atomic E-state index is 15.0. The van der Waals surface area contributed by atoms with Crippen molar-refractivity contribution in [3.63, 3.8) is 0 Å². The third-order valence-electron chi connectivity index (χ3n) is 5.31. The third-order valence-corrected chi connectivity index (χ3v) is 5.31. The number of piperidine rings is 1. The summed E-state index contributed by atoms with van der Waals surface area (Å²) < 4.78 is 68.4. The molecule has 32 heavy (non-hydrogen) atoms. The Bertz CT molecular complexity index is 1130. The minimum atomic E-state index is -4.62. The Labute approximate surface area is 178 Å². The topological polar surface area (TPSA) is 90.0 Å². The van der Waals surface area contributed by atoms with Gasteiger partial charge in [0.25, 0.3) is 5.92 Å². The molecule has 0 saturated carbocycles. The molecule has 1 fully saturated rings. The van der Waals surface area contributed by atoms with E-state index in [-0.39, 0.29) is 18.8 Å². The summed E-state index contributed by atoms with van der Waals surface area (Å²) >= 11 is 0. The summed E-state index contributed by atoms with van der Waals surface area (Å²) in [5.41, 5.74) is 0.0274. The Morgan fingerprint density at radius 3 is 2.78 bits per heavy atom. The van der Waals surface area contributed by atoms with Crippen molar-refractivity contribution in [2.24, 2.45) is 0 Å². The van der Waals surface area contributed by atoms with Crippen LogP contribution in [0.25, 0.3) is 11.0 Å². The van der Waals surface area contributed by atoms with Gasteiger partial charge >= 0.3 is 12.2 Å². The van der Waals surface area contributed by atoms with E-state index in [1.807, 2.05) is 0 Å². The Balaban J connectivity index is 1.45. The number of nitrogens with one attached hydrogen (secondary N) is 2. The van der Waals surface area contributed by atoms with Crippen molar-refractivity contribution in [1.29, 1.82) is 0 Å². The first-order chi connectivity index (χ1) is 15.0. The van der Waals surface area contributed by atoms with Crippen LogP contribution in [0.3, 0.4) is 0 Å². The van der Waals surface area contributed by atoms with Crippen LogP contribution >= 0.6 is 0 Å². The highest BCUT2D eigenvalue weighted by Crippen LogP contribution is 2.34. The van der Waals surface area contributed by atoms with Gasteiger partial charge in [0.2, 0.25) is 0 Å². The van der Waals surface area contributed by atoms with E-state index >= 15 is 0 Å². The summed E-state index contributed by atoms with van der Waals surface area (Å²) in [6, 6.07) is 0.661. The molecular weight excluding hydrogens is 437 g/mol. The van der Waals surface area contributed by atoms with Gasteiger partial charge in [-0.15, -0.1) is 0 Å². The molecule has 3 aromatic rings. The Hall–Kier alpha value is -3.51. The smallest absolute Gasteiger partial charge is 0.364 e. The molecule has 4 heterocycles. The molecule has 1 atom stereocenters. The number of amides is 2. The maximum Gasteiger partial charge on any atom is 0.416 e. The molecule has 3 aromatic heterocycles. The van der Waals surface area contributed by atoms with Gasteiger partial charge < -0.3 is 9.80 Å². The van der Waals surface area contributed by atoms with Crippen LogP contribution in [0.1, 0.15) is 12.0 Å². The molecule has 2 N–H and O–H groups in total. The zero-order chi connectivity index (χ0) is 23.1. The molecule has 4 rings (SSSR count). The van der Waals surface area contributed by atoms with E-state index in [0.29, 0.717) is 22.8 Å². The van der Waals surface area contributed by atoms with Crippen LogP contribution < -0.4 is 10.2 Å². The largest absolute Gasteiger partial charge is 0.416 e. The molecule has 8 nitrogen and oxygen atoms in total. The van der Waals surface area contributed by atoms with Crippen molar-refractivity contribution in [1.82, 2.24) is 25.1 Å². The Kier molecular flexibility index (Phi) is 5.34. The highest BCUT2D eigenvalue weighted by molar-refractivity contribution is 5.88. The first kappa shape index (κ1) is 21.7. The highest BCUT2D eigenvalue weighted by atomic mass is 19.4. The Morgan fingerprint density at radius 1 is 1.28 bits per heavy atom. The van der Waals surface area contributed by atoms with Crippen LogP contribution in [0, 0.1) is 0 Å². The number of aromatic nitrogens is 4. The lowest BCUT2D eigenvalue weighted by atomic mass is 9.99. The Morgan fingerprint density at radius 2 is 2.06 bits per heavy atom. The minimum Gasteiger partial charge on any atom is -0.364 e. The van der Waals surface area contributed by atoms with E-state index < -0.39 is 36.3 Å². The summed E-state index contributed by atoms with van der Waals surface area (Å²) in [6.45, 7) is -0.424. The number of nitrogens with zero attached hydrogens (tertiary/aromatic N) is 5. The quantitative estimate of drug-likeness (QED) is 0.588. The van der Waals surface area contributed by atoms with E-state index in [1.54, 1.807) is 6.07 Å². The lowest BCUT2D eigenvalue weighted by molar-refractivity contribution is -0.137. The summed E-state index contributed by atoms with van der Waals surface area (Å²) in [4.78, 5) is 22.5. The average Bonchev–Trinajstić information content (AvgIpc) is 3.20. The number of rotatable bonds is 3. The van der Waals surface area contributed by atoms with Gasteiger partial charge in [-0.05, 0) is 24.6 Å². The molecule has 0 spiro atoms. The van der Waals surface area contributed by atoms with Gasteiger partial charge in [0.1, 0.15) is 11.9 Å². The molecule has 1 aliphatic rings. The molecule has 2 amide bonds. The van der Waals surface area contributed by atoms with Crippen LogP contribution in [-0.4, -0.2) is 63.2 Å². The predicted octanol–water partition coefficient (Wildman–Crippen LogP) is 3.75. The van der Waals surface area contributed by atoms with Crippen molar-refractivity contribution in [2.45, 2.75) is 24.6 Å². The van der Waals surface area contributed by atoms with Gasteiger partial charge in [-0.2, -0.15) is 18.3 Å². The van der Waals surface area contributed by atoms with E-state index in [9.17, 15) is 26.7 Å². The fourth-order valence-electron chi connectivity index (χ4n) is 3.64. The van der Waals surface area contributed by atoms with Gasteiger partial charge in [-0.3, -0.25) is 10.4 Å². The first-order valence-corrected chi connectivity index (χ1v) is 9.53. The third kappa shape index (κ3) is 4.27. The summed E-state index contributed by atoms with van der Waals surface area (Å²) in [6.07, 6.45) is -0.793. The molecule has 13 heteroatoms. The van der Waals surface area contributed by atoms with Gasteiger partial charge in [-0.25, -0.2) is 23.5 Å². The van der Waals surface area contributed by atoms with Crippen molar-refractivity contribution in [3.8, 4) is 0 Å². The van der Waals surface area contributed by atoms with Crippen molar-refractivity contribution >= 4 is 28.6 Å². The second kappa shape index (κ2) is 7.88. The summed E-state index contributed by atoms with van der Waals surface area (Å²) in [7, 11) is 1.18. The number of carbonyl (C=O) groups excluding carboxylic acids is 1. The average molecular weight is 455 g/mol. The fraction of sp³-hybridized carbons (Fsp3) is 0.368. The van der Waals surface area contributed by atoms with Crippen molar-refractivity contribution < 1.29 is 26.7 Å². The minimum absolute atomic E-state index is 0.0592. The molecule has 0 aromatic carbocycles. The van der Waals surface area contributed by atoms with E-state index in [0.717, 1.165) is 17.2 Å². The highest BCUT2D eigenvalue weighted by Gasteiger charge is 2.48. The second-order valence-corrected chi connectivity index (χ2v) is 7.46. The SMILES string of the molecule is CN(C(=O)Nc1cc(C(F)(F)F)ccn1)[C@H]1CCN(c2cnc3[nH]ncc3c2)CC1(F)F. The fourth-order valence-corrected chi connectivity index (χ4v) is 3.64. The predicted molar refractivity (Wildman–Crippen MR) is 105 cm³/mol. The molecule has 0 bridgehead atoms. The van der Waals surface area contributed by atoms with Crippen LogP contribution in [-0.2, 0) is 6.18 Å². The second-order valence-electron chi connectivity index (χ2n) is 7.46. The zero-order valence-corrected chi connectivity index (χ0v) is 16.7. The molecule has 0 aliphatic carbocycles. The van der Waals surface area contributed by atoms with Gasteiger partial charge in [-0.1, -0.05) is 0 Å². The van der Waals surface area contributed by atoms with Gasteiger partial charge in [0.15, 0.2) is 5.65 Å². The lowest BCUT2D eigenvalue weighted by Gasteiger charge is -2.42. The maximum absolute atomic E-state index is 15.0. The number of alkyl halides is 5. The first-order valence-electron chi connectivity index (χ1n) is 9.53. The molecule has 170 valence electrons. The number of hydrogen-bond acceptors (Lipinski definition) is 5. The molecule has 0 radical (unpaired) electrons. The normalized spacial score (nSPS) is 18.6. The van der Waals surface area contributed by atoms with E-state index in [2.05, 4.69) is 25.5 Å². The molecule has 0 unspecified atom stereocenters. The monoisotopic (exact) mass is 455 g/mol. The number of H-pyrrole nitrogens is 1. The number of anilines is 2. The number of urea groups is 1. The standard InChI is InChI=1S/C19H18F5N7O/c1-30(17(32)28-15-7-12(2-4-25-15)19(22,23)24)14-3-5-31(10-18(14,20)21)13-6-11-8-27-29-16(11)26-9-13/h2,4,6-9,14H,3,5,10H2,1H3,(H,25,28,32)(H,26,27,29)/t14-/m0/s1. The van der Waals surface area contributed by atoms with Crippen LogP contribution in [0.15, 0.2) is 36.8 Å².